The number of hydrogen-bond acceptors (Lipinski definition) is 3. The van der Waals surface area contributed by atoms with Crippen LogP contribution < -0.4 is 10.2 Å². The van der Waals surface area contributed by atoms with Crippen LogP contribution in [-0.4, -0.2) is 42.9 Å². The van der Waals surface area contributed by atoms with Crippen molar-refractivity contribution in [3.63, 3.8) is 0 Å². The van der Waals surface area contributed by atoms with Crippen LogP contribution in [0.1, 0.15) is 22.3 Å². The summed E-state index contributed by atoms with van der Waals surface area (Å²) < 4.78 is 0. The smallest absolute Gasteiger partial charge is 0.254 e. The Morgan fingerprint density at radius 1 is 0.968 bits per heavy atom. The monoisotopic (exact) mass is 413 g/mol. The molecule has 0 unspecified atom stereocenters. The Kier molecular flexibility index (Phi) is 6.25. The largest absolute Gasteiger partial charge is 0.328 e. The summed E-state index contributed by atoms with van der Waals surface area (Å²) >= 11 is 0. The van der Waals surface area contributed by atoms with Gasteiger partial charge in [-0.1, -0.05) is 42.5 Å². The molecular formula is C25H25N4O2+. The minimum absolute atomic E-state index is 0.0131. The number of carbonyl (C=O) groups excluding carboxylic acids is 2. The summed E-state index contributed by atoms with van der Waals surface area (Å²) in [6.07, 6.45) is -0.188. The van der Waals surface area contributed by atoms with Gasteiger partial charge >= 0.3 is 0 Å². The fraction of sp³-hybridized carbons (Fsp3) is 0.240. The summed E-state index contributed by atoms with van der Waals surface area (Å²) in [6.45, 7) is 4.23. The molecule has 1 saturated heterocycles. The van der Waals surface area contributed by atoms with Gasteiger partial charge in [-0.15, -0.1) is 0 Å². The van der Waals surface area contributed by atoms with Crippen molar-refractivity contribution < 1.29 is 14.5 Å². The molecule has 0 saturated carbocycles. The lowest BCUT2D eigenvalue weighted by atomic mass is 10.0. The van der Waals surface area contributed by atoms with Crippen molar-refractivity contribution in [3.05, 3.63) is 77.9 Å². The van der Waals surface area contributed by atoms with E-state index in [2.05, 4.69) is 47.8 Å². The van der Waals surface area contributed by atoms with Crippen LogP contribution >= 0.6 is 0 Å². The number of nitrogens with one attached hydrogen (secondary N) is 2. The van der Waals surface area contributed by atoms with Crippen LogP contribution in [0.3, 0.4) is 0 Å². The Balaban J connectivity index is 1.33. The Hall–Kier alpha value is -3.69. The average molecular weight is 414 g/mol. The molecule has 0 radical (unpaired) electrons. The number of amides is 2. The first-order chi connectivity index (χ1) is 15.1. The molecule has 1 fully saturated rings. The lowest BCUT2D eigenvalue weighted by Crippen LogP contribution is -3.13. The van der Waals surface area contributed by atoms with Gasteiger partial charge in [0.2, 0.25) is 5.91 Å². The van der Waals surface area contributed by atoms with E-state index in [1.807, 2.05) is 11.0 Å². The number of anilines is 1. The van der Waals surface area contributed by atoms with Crippen molar-refractivity contribution >= 4 is 28.3 Å². The van der Waals surface area contributed by atoms with Crippen molar-refractivity contribution in [1.82, 2.24) is 4.90 Å². The van der Waals surface area contributed by atoms with E-state index in [0.29, 0.717) is 11.3 Å². The van der Waals surface area contributed by atoms with Crippen LogP contribution in [0.4, 0.5) is 5.69 Å². The number of fused-ring (bicyclic) bond motifs is 1. The molecule has 2 amide bonds. The number of rotatable bonds is 5. The Morgan fingerprint density at radius 3 is 2.42 bits per heavy atom. The number of carbonyl (C=O) groups is 2. The second-order valence-electron chi connectivity index (χ2n) is 7.82. The third kappa shape index (κ3) is 4.90. The molecule has 2 N–H and O–H groups in total. The molecule has 0 aromatic heterocycles. The van der Waals surface area contributed by atoms with Crippen molar-refractivity contribution in [3.8, 4) is 6.07 Å². The molecule has 6 heteroatoms. The number of nitrogens with zero attached hydrogens (tertiary/aromatic N) is 2. The van der Waals surface area contributed by atoms with Gasteiger partial charge in [0, 0.05) is 16.8 Å². The molecule has 0 spiro atoms. The second kappa shape index (κ2) is 9.41. The van der Waals surface area contributed by atoms with Gasteiger partial charge in [0.05, 0.1) is 32.2 Å². The van der Waals surface area contributed by atoms with Crippen LogP contribution in [0.5, 0.6) is 0 Å². The number of nitriles is 1. The quantitative estimate of drug-likeness (QED) is 0.673. The number of quaternary nitrogens is 1. The lowest BCUT2D eigenvalue weighted by Gasteiger charge is -2.32. The van der Waals surface area contributed by atoms with Crippen LogP contribution in [0.2, 0.25) is 0 Å². The van der Waals surface area contributed by atoms with Crippen molar-refractivity contribution in [2.24, 2.45) is 0 Å². The van der Waals surface area contributed by atoms with E-state index >= 15 is 0 Å². The van der Waals surface area contributed by atoms with E-state index in [9.17, 15) is 9.59 Å². The van der Waals surface area contributed by atoms with E-state index in [1.54, 1.807) is 24.3 Å². The van der Waals surface area contributed by atoms with E-state index in [0.717, 1.165) is 32.7 Å². The van der Waals surface area contributed by atoms with Crippen LogP contribution in [0, 0.1) is 11.3 Å². The molecule has 3 aromatic carbocycles. The number of hydrogen-bond donors (Lipinski definition) is 2. The summed E-state index contributed by atoms with van der Waals surface area (Å²) in [4.78, 5) is 27.7. The maximum absolute atomic E-state index is 12.9. The Labute approximate surface area is 181 Å². The fourth-order valence-electron chi connectivity index (χ4n) is 4.07. The number of benzene rings is 3. The molecule has 6 nitrogen and oxygen atoms in total. The van der Waals surface area contributed by atoms with E-state index in [4.69, 9.17) is 5.26 Å². The van der Waals surface area contributed by atoms with Crippen molar-refractivity contribution in [2.45, 2.75) is 13.0 Å². The summed E-state index contributed by atoms with van der Waals surface area (Å²) in [7, 11) is 0. The molecule has 1 aliphatic rings. The Bertz CT molecular complexity index is 1120. The molecule has 31 heavy (non-hydrogen) atoms. The highest BCUT2D eigenvalue weighted by molar-refractivity contribution is 5.96. The van der Waals surface area contributed by atoms with Crippen molar-refractivity contribution in [2.75, 3.05) is 31.5 Å². The summed E-state index contributed by atoms with van der Waals surface area (Å²) in [6, 6.07) is 23.6. The van der Waals surface area contributed by atoms with Gasteiger partial charge in [0.1, 0.15) is 13.0 Å². The third-order valence-corrected chi connectivity index (χ3v) is 5.73. The van der Waals surface area contributed by atoms with Gasteiger partial charge in [0.25, 0.3) is 5.91 Å². The zero-order chi connectivity index (χ0) is 21.6. The standard InChI is InChI=1S/C25H24N4O2/c26-13-12-24(30)27-22-10-8-20(9-11-22)25(31)29-16-14-28(15-17-29)18-21-6-3-5-19-4-1-2-7-23(19)21/h1-11H,12,14-18H2,(H,27,30)/p+1. The molecule has 0 bridgehead atoms. The maximum Gasteiger partial charge on any atom is 0.254 e. The third-order valence-electron chi connectivity index (χ3n) is 5.73. The highest BCUT2D eigenvalue weighted by atomic mass is 16.2. The highest BCUT2D eigenvalue weighted by Gasteiger charge is 2.25. The molecule has 1 heterocycles. The predicted octanol–water partition coefficient (Wildman–Crippen LogP) is 2.23. The second-order valence-corrected chi connectivity index (χ2v) is 7.82. The summed E-state index contributed by atoms with van der Waals surface area (Å²) in [5, 5.41) is 13.8. The Morgan fingerprint density at radius 2 is 1.68 bits per heavy atom. The molecule has 0 atom stereocenters. The zero-order valence-electron chi connectivity index (χ0n) is 17.3. The minimum atomic E-state index is -0.355. The first kappa shape index (κ1) is 20.6. The normalized spacial score (nSPS) is 14.2. The van der Waals surface area contributed by atoms with Crippen molar-refractivity contribution in [1.29, 1.82) is 5.26 Å². The van der Waals surface area contributed by atoms with E-state index in [1.165, 1.54) is 21.2 Å². The first-order valence-corrected chi connectivity index (χ1v) is 10.5. The van der Waals surface area contributed by atoms with Gasteiger partial charge in [-0.3, -0.25) is 9.59 Å². The zero-order valence-corrected chi connectivity index (χ0v) is 17.3. The first-order valence-electron chi connectivity index (χ1n) is 10.5. The summed E-state index contributed by atoms with van der Waals surface area (Å²) in [5.41, 5.74) is 2.54. The van der Waals surface area contributed by atoms with E-state index in [-0.39, 0.29) is 18.2 Å². The maximum atomic E-state index is 12.9. The fourth-order valence-corrected chi connectivity index (χ4v) is 4.07. The van der Waals surface area contributed by atoms with Gasteiger partial charge < -0.3 is 15.1 Å². The molecular weight excluding hydrogens is 388 g/mol. The molecule has 156 valence electrons. The lowest BCUT2D eigenvalue weighted by molar-refractivity contribution is -0.917. The van der Waals surface area contributed by atoms with Gasteiger partial charge in [0.15, 0.2) is 0 Å². The predicted molar refractivity (Wildman–Crippen MR) is 120 cm³/mol. The van der Waals surface area contributed by atoms with Gasteiger partial charge in [-0.05, 0) is 35.0 Å². The van der Waals surface area contributed by atoms with E-state index < -0.39 is 0 Å². The van der Waals surface area contributed by atoms with Gasteiger partial charge in [-0.2, -0.15) is 5.26 Å². The number of piperazine rings is 1. The highest BCUT2D eigenvalue weighted by Crippen LogP contribution is 2.18. The van der Waals surface area contributed by atoms with Gasteiger partial charge in [-0.25, -0.2) is 0 Å². The molecule has 0 aliphatic carbocycles. The van der Waals surface area contributed by atoms with Crippen LogP contribution in [0.25, 0.3) is 10.8 Å². The molecule has 1 aliphatic heterocycles. The minimum Gasteiger partial charge on any atom is -0.328 e. The average Bonchev–Trinajstić information content (AvgIpc) is 2.80. The van der Waals surface area contributed by atoms with Crippen LogP contribution in [-0.2, 0) is 11.3 Å². The molecule has 4 rings (SSSR count). The van der Waals surface area contributed by atoms with Crippen LogP contribution in [0.15, 0.2) is 66.7 Å². The topological polar surface area (TPSA) is 77.6 Å². The summed E-state index contributed by atoms with van der Waals surface area (Å²) in [5.74, 6) is -0.342. The molecule has 3 aromatic rings. The SMILES string of the molecule is N#CCC(=O)Nc1ccc(C(=O)N2CC[NH+](Cc3cccc4ccccc34)CC2)cc1.